The summed E-state index contributed by atoms with van der Waals surface area (Å²) in [5, 5.41) is 2.85. The summed E-state index contributed by atoms with van der Waals surface area (Å²) in [6, 6.07) is 24.2. The van der Waals surface area contributed by atoms with E-state index in [4.69, 9.17) is 4.74 Å². The van der Waals surface area contributed by atoms with Crippen molar-refractivity contribution >= 4 is 27.6 Å². The lowest BCUT2D eigenvalue weighted by Gasteiger charge is -2.19. The lowest BCUT2D eigenvalue weighted by molar-refractivity contribution is -0.124. The predicted molar refractivity (Wildman–Crippen MR) is 129 cm³/mol. The highest BCUT2D eigenvalue weighted by atomic mass is 32.2. The van der Waals surface area contributed by atoms with Crippen LogP contribution in [0.4, 0.5) is 5.69 Å². The molecule has 0 atom stereocenters. The Hall–Kier alpha value is -3.65. The van der Waals surface area contributed by atoms with Crippen LogP contribution in [0.25, 0.3) is 0 Å². The van der Waals surface area contributed by atoms with E-state index in [2.05, 4.69) is 17.4 Å². The van der Waals surface area contributed by atoms with Crippen molar-refractivity contribution in [3.63, 3.8) is 0 Å². The Morgan fingerprint density at radius 1 is 0.912 bits per heavy atom. The molecule has 0 spiro atoms. The number of carbonyl (C=O) groups is 2. The first-order valence-corrected chi connectivity index (χ1v) is 12.4. The van der Waals surface area contributed by atoms with Gasteiger partial charge in [0.1, 0.15) is 0 Å². The van der Waals surface area contributed by atoms with E-state index in [0.717, 1.165) is 12.8 Å². The van der Waals surface area contributed by atoms with E-state index in [-0.39, 0.29) is 21.8 Å². The van der Waals surface area contributed by atoms with Crippen molar-refractivity contribution in [1.29, 1.82) is 0 Å². The minimum absolute atomic E-state index is 0.0326. The molecule has 8 heteroatoms. The van der Waals surface area contributed by atoms with Crippen molar-refractivity contribution < 1.29 is 22.7 Å². The largest absolute Gasteiger partial charge is 0.452 e. The molecule has 1 fully saturated rings. The molecule has 0 radical (unpaired) electrons. The molecular formula is C26H26N2O5S. The maximum absolute atomic E-state index is 12.8. The van der Waals surface area contributed by atoms with Crippen molar-refractivity contribution in [3.05, 3.63) is 96.1 Å². The molecule has 0 aliphatic heterocycles. The normalized spacial score (nSPS) is 14.1. The van der Waals surface area contributed by atoms with Gasteiger partial charge in [0.05, 0.1) is 16.1 Å². The van der Waals surface area contributed by atoms with E-state index in [1.165, 1.54) is 41.2 Å². The van der Waals surface area contributed by atoms with Crippen molar-refractivity contribution in [1.82, 2.24) is 5.32 Å². The number of anilines is 1. The SMILES string of the molecule is CN(c1ccccc1)S(=O)(=O)c1ccc(C(=O)OCC(=O)NCC2(c3ccccc3)CC2)cc1. The lowest BCUT2D eigenvalue weighted by atomic mass is 9.96. The number of ether oxygens (including phenoxy) is 1. The Morgan fingerprint density at radius 2 is 1.50 bits per heavy atom. The van der Waals surface area contributed by atoms with Gasteiger partial charge in [0, 0.05) is 19.0 Å². The van der Waals surface area contributed by atoms with Gasteiger partial charge in [-0.15, -0.1) is 0 Å². The molecule has 0 saturated heterocycles. The third-order valence-corrected chi connectivity index (χ3v) is 7.87. The zero-order valence-electron chi connectivity index (χ0n) is 18.8. The van der Waals surface area contributed by atoms with Crippen LogP contribution in [0.5, 0.6) is 0 Å². The molecule has 7 nitrogen and oxygen atoms in total. The second kappa shape index (κ2) is 9.69. The van der Waals surface area contributed by atoms with Gasteiger partial charge in [-0.1, -0.05) is 48.5 Å². The quantitative estimate of drug-likeness (QED) is 0.475. The van der Waals surface area contributed by atoms with Gasteiger partial charge in [0.15, 0.2) is 6.61 Å². The Bertz CT molecular complexity index is 1260. The maximum Gasteiger partial charge on any atom is 0.338 e. The summed E-state index contributed by atoms with van der Waals surface area (Å²) in [7, 11) is -2.31. The number of esters is 1. The number of hydrogen-bond acceptors (Lipinski definition) is 5. The van der Waals surface area contributed by atoms with Gasteiger partial charge >= 0.3 is 5.97 Å². The molecule has 4 rings (SSSR count). The fourth-order valence-electron chi connectivity index (χ4n) is 3.74. The van der Waals surface area contributed by atoms with Gasteiger partial charge in [-0.05, 0) is 54.8 Å². The van der Waals surface area contributed by atoms with Crippen LogP contribution in [0, 0.1) is 0 Å². The highest BCUT2D eigenvalue weighted by molar-refractivity contribution is 7.92. The van der Waals surface area contributed by atoms with Crippen molar-refractivity contribution in [2.75, 3.05) is 24.5 Å². The van der Waals surface area contributed by atoms with Gasteiger partial charge in [0.2, 0.25) is 0 Å². The molecule has 3 aromatic carbocycles. The van der Waals surface area contributed by atoms with Gasteiger partial charge in [-0.3, -0.25) is 9.10 Å². The van der Waals surface area contributed by atoms with E-state index in [0.29, 0.717) is 12.2 Å². The van der Waals surface area contributed by atoms with Crippen molar-refractivity contribution in [2.45, 2.75) is 23.2 Å². The molecule has 3 aromatic rings. The van der Waals surface area contributed by atoms with E-state index in [1.807, 2.05) is 18.2 Å². The molecule has 0 aromatic heterocycles. The molecule has 1 saturated carbocycles. The fourth-order valence-corrected chi connectivity index (χ4v) is 4.94. The highest BCUT2D eigenvalue weighted by Gasteiger charge is 2.44. The monoisotopic (exact) mass is 478 g/mol. The second-order valence-electron chi connectivity index (χ2n) is 8.33. The molecule has 0 heterocycles. The summed E-state index contributed by atoms with van der Waals surface area (Å²) < 4.78 is 32.0. The number of benzene rings is 3. The van der Waals surface area contributed by atoms with Crippen LogP contribution < -0.4 is 9.62 Å². The van der Waals surface area contributed by atoms with Crippen molar-refractivity contribution in [2.24, 2.45) is 0 Å². The number of para-hydroxylation sites is 1. The Labute approximate surface area is 199 Å². The minimum Gasteiger partial charge on any atom is -0.452 e. The summed E-state index contributed by atoms with van der Waals surface area (Å²) in [4.78, 5) is 24.6. The fraction of sp³-hybridized carbons (Fsp3) is 0.231. The summed E-state index contributed by atoms with van der Waals surface area (Å²) in [6.07, 6.45) is 2.01. The van der Waals surface area contributed by atoms with Gasteiger partial charge in [-0.2, -0.15) is 0 Å². The molecule has 1 N–H and O–H groups in total. The van der Waals surface area contributed by atoms with Crippen LogP contribution in [0.2, 0.25) is 0 Å². The topological polar surface area (TPSA) is 92.8 Å². The van der Waals surface area contributed by atoms with Crippen LogP contribution in [-0.2, 0) is 25.0 Å². The first kappa shape index (κ1) is 23.5. The molecule has 34 heavy (non-hydrogen) atoms. The zero-order valence-corrected chi connectivity index (χ0v) is 19.6. The average molecular weight is 479 g/mol. The van der Waals surface area contributed by atoms with Gasteiger partial charge in [0.25, 0.3) is 15.9 Å². The van der Waals surface area contributed by atoms with Crippen LogP contribution >= 0.6 is 0 Å². The summed E-state index contributed by atoms with van der Waals surface area (Å²) >= 11 is 0. The minimum atomic E-state index is -3.78. The zero-order chi connectivity index (χ0) is 24.2. The molecule has 1 aliphatic rings. The lowest BCUT2D eigenvalue weighted by Crippen LogP contribution is -2.35. The van der Waals surface area contributed by atoms with Crippen LogP contribution in [0.3, 0.4) is 0 Å². The highest BCUT2D eigenvalue weighted by Crippen LogP contribution is 2.47. The number of sulfonamides is 1. The summed E-state index contributed by atoms with van der Waals surface area (Å²) in [5.74, 6) is -1.07. The first-order chi connectivity index (χ1) is 16.3. The average Bonchev–Trinajstić information content (AvgIpc) is 3.68. The molecule has 176 valence electrons. The smallest absolute Gasteiger partial charge is 0.338 e. The molecular weight excluding hydrogens is 452 g/mol. The van der Waals surface area contributed by atoms with E-state index < -0.39 is 22.6 Å². The second-order valence-corrected chi connectivity index (χ2v) is 10.3. The van der Waals surface area contributed by atoms with E-state index >= 15 is 0 Å². The number of nitrogens with one attached hydrogen (secondary N) is 1. The number of nitrogens with zero attached hydrogens (tertiary/aromatic N) is 1. The Morgan fingerprint density at radius 3 is 2.09 bits per heavy atom. The summed E-state index contributed by atoms with van der Waals surface area (Å²) in [6.45, 7) is 0.0926. The van der Waals surface area contributed by atoms with Gasteiger partial charge in [-0.25, -0.2) is 13.2 Å². The first-order valence-electron chi connectivity index (χ1n) is 11.0. The van der Waals surface area contributed by atoms with Crippen LogP contribution in [-0.4, -0.2) is 40.5 Å². The summed E-state index contributed by atoms with van der Waals surface area (Å²) in [5.41, 5.74) is 1.85. The molecule has 1 aliphatic carbocycles. The van der Waals surface area contributed by atoms with Gasteiger partial charge < -0.3 is 10.1 Å². The number of carbonyl (C=O) groups excluding carboxylic acids is 2. The molecule has 0 bridgehead atoms. The maximum atomic E-state index is 12.8. The van der Waals surface area contributed by atoms with Crippen molar-refractivity contribution in [3.8, 4) is 0 Å². The molecule has 1 amide bonds. The van der Waals surface area contributed by atoms with E-state index in [1.54, 1.807) is 30.3 Å². The Balaban J connectivity index is 1.30. The van der Waals surface area contributed by atoms with Crippen LogP contribution in [0.1, 0.15) is 28.8 Å². The third-order valence-electron chi connectivity index (χ3n) is 6.07. The van der Waals surface area contributed by atoms with E-state index in [9.17, 15) is 18.0 Å². The Kier molecular flexibility index (Phi) is 6.70. The number of amides is 1. The third kappa shape index (κ3) is 5.12. The van der Waals surface area contributed by atoms with Crippen LogP contribution in [0.15, 0.2) is 89.8 Å². The predicted octanol–water partition coefficient (Wildman–Crippen LogP) is 3.52. The number of rotatable bonds is 9. The standard InChI is InChI=1S/C26H26N2O5S/c1-28(22-10-6-3-7-11-22)34(31,32)23-14-12-20(13-15-23)25(30)33-18-24(29)27-19-26(16-17-26)21-8-4-2-5-9-21/h2-15H,16-19H2,1H3,(H,27,29). The molecule has 0 unspecified atom stereocenters. The number of hydrogen-bond donors (Lipinski definition) is 1.